The van der Waals surface area contributed by atoms with Crippen LogP contribution in [-0.2, 0) is 4.74 Å². The number of benzene rings is 1. The number of ether oxygens (including phenoxy) is 2. The molecule has 1 atom stereocenters. The molecule has 0 bridgehead atoms. The van der Waals surface area contributed by atoms with Gasteiger partial charge in [0, 0.05) is 19.7 Å². The molecule has 2 heterocycles. The number of hydrogen-bond acceptors (Lipinski definition) is 3. The predicted octanol–water partition coefficient (Wildman–Crippen LogP) is 2.37. The molecule has 2 amide bonds. The normalized spacial score (nSPS) is 22.6. The van der Waals surface area contributed by atoms with Crippen molar-refractivity contribution in [1.82, 2.24) is 10.2 Å². The highest BCUT2D eigenvalue weighted by Crippen LogP contribution is 2.33. The number of rotatable bonds is 3. The lowest BCUT2D eigenvalue weighted by Crippen LogP contribution is -2.47. The third kappa shape index (κ3) is 3.35. The molecule has 2 fully saturated rings. The monoisotopic (exact) mass is 304 g/mol. The van der Waals surface area contributed by atoms with Crippen LogP contribution in [0.15, 0.2) is 24.3 Å². The maximum Gasteiger partial charge on any atom is 0.317 e. The summed E-state index contributed by atoms with van der Waals surface area (Å²) in [6.07, 6.45) is 2.88. The van der Waals surface area contributed by atoms with Crippen molar-refractivity contribution in [1.29, 1.82) is 0 Å². The van der Waals surface area contributed by atoms with Crippen LogP contribution in [0.25, 0.3) is 0 Å². The number of amides is 2. The van der Waals surface area contributed by atoms with E-state index in [9.17, 15) is 4.79 Å². The third-order valence-corrected chi connectivity index (χ3v) is 4.62. The number of carbonyl (C=O) groups excluding carboxylic acids is 1. The average molecular weight is 304 g/mol. The van der Waals surface area contributed by atoms with Gasteiger partial charge < -0.3 is 19.7 Å². The van der Waals surface area contributed by atoms with Crippen molar-refractivity contribution < 1.29 is 14.3 Å². The minimum absolute atomic E-state index is 0.0500. The SMILES string of the molecule is COc1ccccc1C1CCN(C(=O)N[C@H]2CCOC2)CC1. The molecule has 1 aromatic rings. The fraction of sp³-hybridized carbons (Fsp3) is 0.588. The number of nitrogens with zero attached hydrogens (tertiary/aromatic N) is 1. The van der Waals surface area contributed by atoms with Gasteiger partial charge in [0.1, 0.15) is 5.75 Å². The Balaban J connectivity index is 1.54. The molecule has 1 aromatic carbocycles. The van der Waals surface area contributed by atoms with Crippen molar-refractivity contribution in [3.63, 3.8) is 0 Å². The Kier molecular flexibility index (Phi) is 4.83. The van der Waals surface area contributed by atoms with Gasteiger partial charge in [-0.15, -0.1) is 0 Å². The first-order valence-corrected chi connectivity index (χ1v) is 8.04. The minimum Gasteiger partial charge on any atom is -0.496 e. The number of carbonyl (C=O) groups is 1. The number of piperidine rings is 1. The zero-order valence-electron chi connectivity index (χ0n) is 13.1. The Morgan fingerprint density at radius 3 is 2.73 bits per heavy atom. The van der Waals surface area contributed by atoms with E-state index in [4.69, 9.17) is 9.47 Å². The maximum atomic E-state index is 12.3. The Bertz CT molecular complexity index is 506. The van der Waals surface area contributed by atoms with Crippen LogP contribution in [0.3, 0.4) is 0 Å². The van der Waals surface area contributed by atoms with Gasteiger partial charge >= 0.3 is 6.03 Å². The molecule has 2 aliphatic heterocycles. The fourth-order valence-corrected chi connectivity index (χ4v) is 3.31. The van der Waals surface area contributed by atoms with Crippen molar-refractivity contribution in [2.24, 2.45) is 0 Å². The number of urea groups is 1. The van der Waals surface area contributed by atoms with Gasteiger partial charge in [0.2, 0.25) is 0 Å². The second-order valence-electron chi connectivity index (χ2n) is 6.01. The van der Waals surface area contributed by atoms with Gasteiger partial charge in [-0.2, -0.15) is 0 Å². The predicted molar refractivity (Wildman–Crippen MR) is 84.3 cm³/mol. The largest absolute Gasteiger partial charge is 0.496 e. The van der Waals surface area contributed by atoms with Crippen molar-refractivity contribution in [2.75, 3.05) is 33.4 Å². The van der Waals surface area contributed by atoms with E-state index < -0.39 is 0 Å². The minimum atomic E-state index is 0.0500. The molecule has 2 aliphatic rings. The Morgan fingerprint density at radius 1 is 1.27 bits per heavy atom. The molecule has 0 aromatic heterocycles. The molecule has 1 N–H and O–H groups in total. The molecule has 5 heteroatoms. The number of nitrogens with one attached hydrogen (secondary N) is 1. The molecule has 0 unspecified atom stereocenters. The van der Waals surface area contributed by atoms with Crippen molar-refractivity contribution in [3.05, 3.63) is 29.8 Å². The first kappa shape index (κ1) is 15.2. The second kappa shape index (κ2) is 7.01. The first-order valence-electron chi connectivity index (χ1n) is 8.04. The van der Waals surface area contributed by atoms with Gasteiger partial charge in [0.05, 0.1) is 19.8 Å². The van der Waals surface area contributed by atoms with Crippen LogP contribution in [0.2, 0.25) is 0 Å². The third-order valence-electron chi connectivity index (χ3n) is 4.62. The lowest BCUT2D eigenvalue weighted by Gasteiger charge is -2.33. The Hall–Kier alpha value is -1.75. The Labute approximate surface area is 131 Å². The summed E-state index contributed by atoms with van der Waals surface area (Å²) in [5.41, 5.74) is 1.26. The molecule has 3 rings (SSSR count). The van der Waals surface area contributed by atoms with Crippen LogP contribution in [-0.4, -0.2) is 50.4 Å². The zero-order valence-corrected chi connectivity index (χ0v) is 13.1. The topological polar surface area (TPSA) is 50.8 Å². The molecule has 22 heavy (non-hydrogen) atoms. The van der Waals surface area contributed by atoms with Crippen LogP contribution >= 0.6 is 0 Å². The van der Waals surface area contributed by atoms with Gasteiger partial charge in [-0.25, -0.2) is 4.79 Å². The van der Waals surface area contributed by atoms with E-state index in [-0.39, 0.29) is 12.1 Å². The van der Waals surface area contributed by atoms with Gasteiger partial charge in [-0.1, -0.05) is 18.2 Å². The van der Waals surface area contributed by atoms with Gasteiger partial charge in [0.25, 0.3) is 0 Å². The standard InChI is InChI=1S/C17H24N2O3/c1-21-16-5-3-2-4-15(16)13-6-9-19(10-7-13)17(20)18-14-8-11-22-12-14/h2-5,13-14H,6-12H2,1H3,(H,18,20)/t14-/m0/s1. The molecular formula is C17H24N2O3. The number of likely N-dealkylation sites (tertiary alicyclic amines) is 1. The lowest BCUT2D eigenvalue weighted by molar-refractivity contribution is 0.168. The molecule has 5 nitrogen and oxygen atoms in total. The smallest absolute Gasteiger partial charge is 0.317 e. The molecule has 2 saturated heterocycles. The summed E-state index contributed by atoms with van der Waals surface area (Å²) < 4.78 is 10.8. The van der Waals surface area contributed by atoms with E-state index in [0.29, 0.717) is 12.5 Å². The van der Waals surface area contributed by atoms with Gasteiger partial charge in [-0.3, -0.25) is 0 Å². The second-order valence-corrected chi connectivity index (χ2v) is 6.01. The summed E-state index contributed by atoms with van der Waals surface area (Å²) in [5.74, 6) is 1.42. The fourth-order valence-electron chi connectivity index (χ4n) is 3.31. The van der Waals surface area contributed by atoms with E-state index in [2.05, 4.69) is 17.4 Å². The summed E-state index contributed by atoms with van der Waals surface area (Å²) in [6.45, 7) is 2.98. The van der Waals surface area contributed by atoms with Crippen LogP contribution in [0.5, 0.6) is 5.75 Å². The van der Waals surface area contributed by atoms with E-state index >= 15 is 0 Å². The van der Waals surface area contributed by atoms with Crippen molar-refractivity contribution >= 4 is 6.03 Å². The summed E-state index contributed by atoms with van der Waals surface area (Å²) >= 11 is 0. The maximum absolute atomic E-state index is 12.3. The molecular weight excluding hydrogens is 280 g/mol. The van der Waals surface area contributed by atoms with Crippen LogP contribution < -0.4 is 10.1 Å². The summed E-state index contributed by atoms with van der Waals surface area (Å²) in [4.78, 5) is 14.2. The van der Waals surface area contributed by atoms with Crippen LogP contribution in [0, 0.1) is 0 Å². The highest BCUT2D eigenvalue weighted by molar-refractivity contribution is 5.74. The summed E-state index contributed by atoms with van der Waals surface area (Å²) in [5, 5.41) is 3.06. The van der Waals surface area contributed by atoms with E-state index in [0.717, 1.165) is 44.7 Å². The molecule has 0 saturated carbocycles. The number of methoxy groups -OCH3 is 1. The molecule has 0 spiro atoms. The summed E-state index contributed by atoms with van der Waals surface area (Å²) in [6, 6.07) is 8.42. The number of para-hydroxylation sites is 1. The number of hydrogen-bond donors (Lipinski definition) is 1. The van der Waals surface area contributed by atoms with E-state index in [1.807, 2.05) is 17.0 Å². The quantitative estimate of drug-likeness (QED) is 0.933. The van der Waals surface area contributed by atoms with E-state index in [1.54, 1.807) is 7.11 Å². The van der Waals surface area contributed by atoms with Crippen LogP contribution in [0.4, 0.5) is 4.79 Å². The first-order chi connectivity index (χ1) is 10.8. The molecule has 0 radical (unpaired) electrons. The molecule has 0 aliphatic carbocycles. The highest BCUT2D eigenvalue weighted by atomic mass is 16.5. The Morgan fingerprint density at radius 2 is 2.05 bits per heavy atom. The van der Waals surface area contributed by atoms with Crippen molar-refractivity contribution in [2.45, 2.75) is 31.2 Å². The average Bonchev–Trinajstić information content (AvgIpc) is 3.08. The zero-order chi connectivity index (χ0) is 15.4. The van der Waals surface area contributed by atoms with Gasteiger partial charge in [-0.05, 0) is 36.8 Å². The lowest BCUT2D eigenvalue weighted by atomic mass is 9.89. The van der Waals surface area contributed by atoms with E-state index in [1.165, 1.54) is 5.56 Å². The van der Waals surface area contributed by atoms with Crippen LogP contribution in [0.1, 0.15) is 30.7 Å². The highest BCUT2D eigenvalue weighted by Gasteiger charge is 2.27. The van der Waals surface area contributed by atoms with Gasteiger partial charge in [0.15, 0.2) is 0 Å². The molecule has 120 valence electrons. The van der Waals surface area contributed by atoms with Crippen molar-refractivity contribution in [3.8, 4) is 5.75 Å². The summed E-state index contributed by atoms with van der Waals surface area (Å²) in [7, 11) is 1.71.